The minimum Gasteiger partial charge on any atom is -0.489 e. The molecule has 1 unspecified atom stereocenters. The summed E-state index contributed by atoms with van der Waals surface area (Å²) in [5.74, 6) is 0.213. The predicted molar refractivity (Wildman–Crippen MR) is 115 cm³/mol. The van der Waals surface area contributed by atoms with Crippen molar-refractivity contribution in [1.29, 1.82) is 0 Å². The second-order valence-corrected chi connectivity index (χ2v) is 7.47. The molecule has 31 heavy (non-hydrogen) atoms. The van der Waals surface area contributed by atoms with Gasteiger partial charge in [-0.05, 0) is 37.3 Å². The van der Waals surface area contributed by atoms with E-state index < -0.39 is 6.10 Å². The molecule has 1 amide bonds. The van der Waals surface area contributed by atoms with Crippen LogP contribution in [0, 0.1) is 5.82 Å². The summed E-state index contributed by atoms with van der Waals surface area (Å²) in [6.07, 6.45) is -0.647. The summed E-state index contributed by atoms with van der Waals surface area (Å²) in [5.41, 5.74) is 2.26. The topological polar surface area (TPSA) is 84.2 Å². The fourth-order valence-corrected chi connectivity index (χ4v) is 3.64. The van der Waals surface area contributed by atoms with Crippen molar-refractivity contribution in [2.45, 2.75) is 13.0 Å². The van der Waals surface area contributed by atoms with Crippen LogP contribution in [0.1, 0.15) is 17.3 Å². The summed E-state index contributed by atoms with van der Waals surface area (Å²) in [4.78, 5) is 14.9. The largest absolute Gasteiger partial charge is 0.489 e. The number of furan rings is 1. The monoisotopic (exact) mass is 428 g/mol. The first-order chi connectivity index (χ1) is 15.0. The first-order valence-electron chi connectivity index (χ1n) is 10.2. The van der Waals surface area contributed by atoms with Crippen LogP contribution in [0.5, 0.6) is 5.75 Å². The fourth-order valence-electron chi connectivity index (χ4n) is 3.64. The summed E-state index contributed by atoms with van der Waals surface area (Å²) in [7, 11) is 1.54. The van der Waals surface area contributed by atoms with E-state index in [4.69, 9.17) is 13.9 Å². The van der Waals surface area contributed by atoms with E-state index in [0.717, 1.165) is 5.69 Å². The summed E-state index contributed by atoms with van der Waals surface area (Å²) < 4.78 is 30.9. The summed E-state index contributed by atoms with van der Waals surface area (Å²) >= 11 is 0. The van der Waals surface area contributed by atoms with Crippen molar-refractivity contribution < 1.29 is 28.2 Å². The van der Waals surface area contributed by atoms with E-state index >= 15 is 0 Å². The van der Waals surface area contributed by atoms with Crippen LogP contribution in [0.4, 0.5) is 10.1 Å². The van der Waals surface area contributed by atoms with Crippen LogP contribution >= 0.6 is 0 Å². The van der Waals surface area contributed by atoms with Gasteiger partial charge in [-0.25, -0.2) is 4.39 Å². The number of aliphatic hydroxyl groups excluding tert-OH is 1. The van der Waals surface area contributed by atoms with Crippen LogP contribution in [0.15, 0.2) is 40.8 Å². The molecule has 0 spiro atoms. The quantitative estimate of drug-likeness (QED) is 0.627. The molecule has 1 aliphatic heterocycles. The number of aliphatic hydroxyl groups is 1. The van der Waals surface area contributed by atoms with Gasteiger partial charge in [-0.1, -0.05) is 0 Å². The van der Waals surface area contributed by atoms with Gasteiger partial charge in [0, 0.05) is 37.2 Å². The van der Waals surface area contributed by atoms with Crippen LogP contribution in [-0.4, -0.2) is 57.1 Å². The van der Waals surface area contributed by atoms with Gasteiger partial charge in [-0.2, -0.15) is 0 Å². The first-order valence-corrected chi connectivity index (χ1v) is 10.2. The zero-order chi connectivity index (χ0) is 22.0. The molecule has 0 radical (unpaired) electrons. The number of benzene rings is 2. The Bertz CT molecular complexity index is 1070. The second kappa shape index (κ2) is 8.95. The van der Waals surface area contributed by atoms with Gasteiger partial charge in [0.2, 0.25) is 0 Å². The average Bonchev–Trinajstić information content (AvgIpc) is 3.16. The number of nitrogens with zero attached hydrogens (tertiary/aromatic N) is 1. The lowest BCUT2D eigenvalue weighted by molar-refractivity contribution is 0.0964. The lowest BCUT2D eigenvalue weighted by Gasteiger charge is -2.30. The summed E-state index contributed by atoms with van der Waals surface area (Å²) in [5, 5.41) is 12.9. The van der Waals surface area contributed by atoms with Gasteiger partial charge in [-0.15, -0.1) is 0 Å². The van der Waals surface area contributed by atoms with Gasteiger partial charge in [0.1, 0.15) is 29.5 Å². The van der Waals surface area contributed by atoms with Crippen LogP contribution in [0.25, 0.3) is 22.3 Å². The van der Waals surface area contributed by atoms with Crippen molar-refractivity contribution in [2.24, 2.45) is 0 Å². The zero-order valence-electron chi connectivity index (χ0n) is 17.5. The number of halogens is 1. The summed E-state index contributed by atoms with van der Waals surface area (Å²) in [6, 6.07) is 9.42. The maximum atomic E-state index is 13.4. The van der Waals surface area contributed by atoms with Gasteiger partial charge in [-0.3, -0.25) is 4.79 Å². The molecule has 164 valence electrons. The Kier molecular flexibility index (Phi) is 6.11. The van der Waals surface area contributed by atoms with Gasteiger partial charge in [0.05, 0.1) is 30.6 Å². The van der Waals surface area contributed by atoms with Crippen LogP contribution in [0.2, 0.25) is 0 Å². The number of hydrogen-bond donors (Lipinski definition) is 2. The highest BCUT2D eigenvalue weighted by Gasteiger charge is 2.25. The molecule has 2 N–H and O–H groups in total. The number of morpholine rings is 1. The molecule has 1 aliphatic rings. The SMILES string of the molecule is CNC(=O)c1c(-c2ccc(F)cc2)oc2cc(N3CCOCC3)c(OCC(C)O)cc12. The van der Waals surface area contributed by atoms with E-state index in [-0.39, 0.29) is 18.3 Å². The van der Waals surface area contributed by atoms with E-state index in [9.17, 15) is 14.3 Å². The molecule has 2 heterocycles. The maximum absolute atomic E-state index is 13.4. The van der Waals surface area contributed by atoms with E-state index in [1.807, 2.05) is 6.07 Å². The Morgan fingerprint density at radius 2 is 1.97 bits per heavy atom. The molecular weight excluding hydrogens is 403 g/mol. The third kappa shape index (κ3) is 4.35. The zero-order valence-corrected chi connectivity index (χ0v) is 17.5. The number of ether oxygens (including phenoxy) is 2. The Labute approximate surface area is 179 Å². The van der Waals surface area contributed by atoms with Crippen molar-refractivity contribution in [3.8, 4) is 17.1 Å². The molecule has 7 nitrogen and oxygen atoms in total. The van der Waals surface area contributed by atoms with Crippen molar-refractivity contribution in [1.82, 2.24) is 5.32 Å². The minimum absolute atomic E-state index is 0.112. The lowest BCUT2D eigenvalue weighted by atomic mass is 10.0. The van der Waals surface area contributed by atoms with Gasteiger partial charge in [0.25, 0.3) is 5.91 Å². The van der Waals surface area contributed by atoms with E-state index in [0.29, 0.717) is 59.9 Å². The molecule has 1 fully saturated rings. The lowest BCUT2D eigenvalue weighted by Crippen LogP contribution is -2.36. The van der Waals surface area contributed by atoms with Crippen molar-refractivity contribution in [3.05, 3.63) is 47.8 Å². The van der Waals surface area contributed by atoms with E-state index in [1.54, 1.807) is 32.2 Å². The van der Waals surface area contributed by atoms with Crippen LogP contribution in [0.3, 0.4) is 0 Å². The van der Waals surface area contributed by atoms with Crippen molar-refractivity contribution in [3.63, 3.8) is 0 Å². The Morgan fingerprint density at radius 1 is 1.26 bits per heavy atom. The molecule has 3 aromatic rings. The van der Waals surface area contributed by atoms with Gasteiger partial charge >= 0.3 is 0 Å². The number of rotatable bonds is 6. The van der Waals surface area contributed by atoms with Crippen molar-refractivity contribution in [2.75, 3.05) is 44.9 Å². The number of amides is 1. The number of carbonyl (C=O) groups excluding carboxylic acids is 1. The Hall–Kier alpha value is -3.10. The highest BCUT2D eigenvalue weighted by Crippen LogP contribution is 2.40. The van der Waals surface area contributed by atoms with Crippen LogP contribution < -0.4 is 15.0 Å². The minimum atomic E-state index is -0.647. The van der Waals surface area contributed by atoms with E-state index in [2.05, 4.69) is 10.2 Å². The normalized spacial score (nSPS) is 15.2. The molecule has 2 aromatic carbocycles. The van der Waals surface area contributed by atoms with Gasteiger partial charge < -0.3 is 29.2 Å². The second-order valence-electron chi connectivity index (χ2n) is 7.47. The third-order valence-electron chi connectivity index (χ3n) is 5.16. The molecule has 0 saturated carbocycles. The van der Waals surface area contributed by atoms with Crippen LogP contribution in [-0.2, 0) is 4.74 Å². The number of hydrogen-bond acceptors (Lipinski definition) is 6. The molecule has 8 heteroatoms. The van der Waals surface area contributed by atoms with Crippen molar-refractivity contribution >= 4 is 22.6 Å². The summed E-state index contributed by atoms with van der Waals surface area (Å²) in [6.45, 7) is 4.32. The Morgan fingerprint density at radius 3 is 2.61 bits per heavy atom. The number of nitrogens with one attached hydrogen (secondary N) is 1. The van der Waals surface area contributed by atoms with Gasteiger partial charge in [0.15, 0.2) is 0 Å². The third-order valence-corrected chi connectivity index (χ3v) is 5.16. The predicted octanol–water partition coefficient (Wildman–Crippen LogP) is 3.19. The Balaban J connectivity index is 1.89. The molecular formula is C23H25FN2O5. The molecule has 4 rings (SSSR count). The van der Waals surface area contributed by atoms with E-state index in [1.165, 1.54) is 12.1 Å². The molecule has 0 bridgehead atoms. The maximum Gasteiger partial charge on any atom is 0.255 e. The number of carbonyl (C=O) groups is 1. The number of fused-ring (bicyclic) bond motifs is 1. The average molecular weight is 428 g/mol. The molecule has 1 atom stereocenters. The molecule has 1 saturated heterocycles. The highest BCUT2D eigenvalue weighted by molar-refractivity contribution is 6.12. The highest BCUT2D eigenvalue weighted by atomic mass is 19.1. The smallest absolute Gasteiger partial charge is 0.255 e. The number of anilines is 1. The fraction of sp³-hybridized carbons (Fsp3) is 0.348. The molecule has 1 aromatic heterocycles. The first kappa shape index (κ1) is 21.1. The standard InChI is InChI=1S/C23H25FN2O5/c1-14(27)13-30-20-11-17-19(12-18(20)26-7-9-29-10-8-26)31-22(21(17)23(28)25-2)15-3-5-16(24)6-4-15/h3-6,11-12,14,27H,7-10,13H2,1-2H3,(H,25,28). The molecule has 0 aliphatic carbocycles.